The molecule has 0 bridgehead atoms. The highest BCUT2D eigenvalue weighted by molar-refractivity contribution is 5.90. The van der Waals surface area contributed by atoms with Gasteiger partial charge in [0, 0.05) is 50.5 Å². The summed E-state index contributed by atoms with van der Waals surface area (Å²) in [6.45, 7) is 4.06. The van der Waals surface area contributed by atoms with Crippen molar-refractivity contribution in [1.82, 2.24) is 4.90 Å². The molecule has 1 N–H and O–H groups in total. The number of carbonyl (C=O) groups is 1. The molecule has 1 aliphatic rings. The summed E-state index contributed by atoms with van der Waals surface area (Å²) in [5.41, 5.74) is 1.50. The number of benzene rings is 2. The summed E-state index contributed by atoms with van der Waals surface area (Å²) < 4.78 is 26.1. The molecule has 1 heterocycles. The van der Waals surface area contributed by atoms with Crippen molar-refractivity contribution in [1.29, 1.82) is 0 Å². The summed E-state index contributed by atoms with van der Waals surface area (Å²) in [4.78, 5) is 16.4. The largest absolute Gasteiger partial charge is 0.369 e. The van der Waals surface area contributed by atoms with Crippen LogP contribution in [0.1, 0.15) is 6.42 Å². The lowest BCUT2D eigenvalue weighted by Gasteiger charge is -2.36. The summed E-state index contributed by atoms with van der Waals surface area (Å²) in [6, 6.07) is 12.4. The average Bonchev–Trinajstić information content (AvgIpc) is 2.61. The highest BCUT2D eigenvalue weighted by Crippen LogP contribution is 2.17. The van der Waals surface area contributed by atoms with Crippen molar-refractivity contribution in [2.45, 2.75) is 6.42 Å². The van der Waals surface area contributed by atoms with Crippen LogP contribution in [0, 0.1) is 11.6 Å². The van der Waals surface area contributed by atoms with Crippen molar-refractivity contribution in [3.05, 3.63) is 60.2 Å². The minimum absolute atomic E-state index is 0.119. The normalized spacial score (nSPS) is 15.2. The van der Waals surface area contributed by atoms with Crippen LogP contribution < -0.4 is 10.2 Å². The molecule has 0 spiro atoms. The molecule has 2 aromatic rings. The van der Waals surface area contributed by atoms with E-state index in [1.54, 1.807) is 24.3 Å². The molecule has 2 aromatic carbocycles. The SMILES string of the molecule is O=C(CCN1CCN(c2ccc(F)cc2)CC1)Nc1cccc(F)c1. The van der Waals surface area contributed by atoms with Gasteiger partial charge in [-0.05, 0) is 42.5 Å². The fourth-order valence-electron chi connectivity index (χ4n) is 2.93. The number of hydrogen-bond donors (Lipinski definition) is 1. The van der Waals surface area contributed by atoms with Gasteiger partial charge in [0.25, 0.3) is 0 Å². The van der Waals surface area contributed by atoms with E-state index < -0.39 is 0 Å². The molecular weight excluding hydrogens is 324 g/mol. The van der Waals surface area contributed by atoms with Crippen molar-refractivity contribution < 1.29 is 13.6 Å². The number of rotatable bonds is 5. The molecule has 1 fully saturated rings. The maximum Gasteiger partial charge on any atom is 0.225 e. The predicted octanol–water partition coefficient (Wildman–Crippen LogP) is 3.12. The van der Waals surface area contributed by atoms with Crippen LogP contribution in [-0.4, -0.2) is 43.5 Å². The monoisotopic (exact) mass is 345 g/mol. The van der Waals surface area contributed by atoms with Crippen LogP contribution in [0.15, 0.2) is 48.5 Å². The molecule has 3 rings (SSSR count). The maximum atomic E-state index is 13.1. The zero-order valence-corrected chi connectivity index (χ0v) is 13.9. The van der Waals surface area contributed by atoms with Gasteiger partial charge in [-0.15, -0.1) is 0 Å². The van der Waals surface area contributed by atoms with Gasteiger partial charge >= 0.3 is 0 Å². The summed E-state index contributed by atoms with van der Waals surface area (Å²) in [7, 11) is 0. The lowest BCUT2D eigenvalue weighted by molar-refractivity contribution is -0.116. The second-order valence-corrected chi connectivity index (χ2v) is 6.11. The van der Waals surface area contributed by atoms with E-state index in [1.165, 1.54) is 24.3 Å². The average molecular weight is 345 g/mol. The van der Waals surface area contributed by atoms with Crippen LogP contribution in [0.25, 0.3) is 0 Å². The van der Waals surface area contributed by atoms with Gasteiger partial charge < -0.3 is 10.2 Å². The zero-order valence-electron chi connectivity index (χ0n) is 13.9. The Morgan fingerprint density at radius 3 is 2.36 bits per heavy atom. The third kappa shape index (κ3) is 5.00. The number of carbonyl (C=O) groups excluding carboxylic acids is 1. The smallest absolute Gasteiger partial charge is 0.225 e. The van der Waals surface area contributed by atoms with Crippen molar-refractivity contribution in [3.8, 4) is 0 Å². The van der Waals surface area contributed by atoms with E-state index in [0.717, 1.165) is 31.9 Å². The van der Waals surface area contributed by atoms with Gasteiger partial charge in [0.2, 0.25) is 5.91 Å². The number of nitrogens with one attached hydrogen (secondary N) is 1. The molecule has 0 atom stereocenters. The summed E-state index contributed by atoms with van der Waals surface area (Å²) in [5.74, 6) is -0.715. The lowest BCUT2D eigenvalue weighted by Crippen LogP contribution is -2.47. The first-order chi connectivity index (χ1) is 12.1. The van der Waals surface area contributed by atoms with E-state index >= 15 is 0 Å². The van der Waals surface area contributed by atoms with E-state index in [-0.39, 0.29) is 17.5 Å². The van der Waals surface area contributed by atoms with Gasteiger partial charge in [-0.2, -0.15) is 0 Å². The number of piperazine rings is 1. The molecule has 132 valence electrons. The van der Waals surface area contributed by atoms with Crippen LogP contribution in [0.5, 0.6) is 0 Å². The molecule has 0 radical (unpaired) electrons. The number of halogens is 2. The molecule has 0 aliphatic carbocycles. The van der Waals surface area contributed by atoms with Crippen molar-refractivity contribution in [2.75, 3.05) is 42.9 Å². The fourth-order valence-corrected chi connectivity index (χ4v) is 2.93. The first-order valence-corrected chi connectivity index (χ1v) is 8.38. The Kier molecular flexibility index (Phi) is 5.60. The van der Waals surface area contributed by atoms with Gasteiger partial charge in [-0.1, -0.05) is 6.07 Å². The molecule has 0 aromatic heterocycles. The van der Waals surface area contributed by atoms with Crippen LogP contribution in [0.4, 0.5) is 20.2 Å². The number of amides is 1. The molecule has 6 heteroatoms. The minimum Gasteiger partial charge on any atom is -0.369 e. The Balaban J connectivity index is 1.41. The van der Waals surface area contributed by atoms with Crippen molar-refractivity contribution in [3.63, 3.8) is 0 Å². The Labute approximate surface area is 146 Å². The Morgan fingerprint density at radius 2 is 1.68 bits per heavy atom. The van der Waals surface area contributed by atoms with Gasteiger partial charge in [-0.25, -0.2) is 8.78 Å². The topological polar surface area (TPSA) is 35.6 Å². The van der Waals surface area contributed by atoms with Crippen LogP contribution in [0.3, 0.4) is 0 Å². The minimum atomic E-state index is -0.366. The van der Waals surface area contributed by atoms with Crippen LogP contribution >= 0.6 is 0 Å². The highest BCUT2D eigenvalue weighted by Gasteiger charge is 2.17. The molecule has 1 aliphatic heterocycles. The van der Waals surface area contributed by atoms with E-state index in [1.807, 2.05) is 0 Å². The van der Waals surface area contributed by atoms with Crippen LogP contribution in [-0.2, 0) is 4.79 Å². The van der Waals surface area contributed by atoms with Gasteiger partial charge in [0.1, 0.15) is 11.6 Å². The van der Waals surface area contributed by atoms with Crippen molar-refractivity contribution >= 4 is 17.3 Å². The van der Waals surface area contributed by atoms with Gasteiger partial charge in [0.05, 0.1) is 0 Å². The quantitative estimate of drug-likeness (QED) is 0.904. The third-order valence-electron chi connectivity index (χ3n) is 4.33. The summed E-state index contributed by atoms with van der Waals surface area (Å²) in [5, 5.41) is 2.71. The first-order valence-electron chi connectivity index (χ1n) is 8.38. The molecule has 1 saturated heterocycles. The van der Waals surface area contributed by atoms with Crippen LogP contribution in [0.2, 0.25) is 0 Å². The second kappa shape index (κ2) is 8.07. The number of hydrogen-bond acceptors (Lipinski definition) is 3. The Bertz CT molecular complexity index is 713. The van der Waals surface area contributed by atoms with E-state index in [2.05, 4.69) is 15.1 Å². The molecule has 0 unspecified atom stereocenters. The predicted molar refractivity (Wildman–Crippen MR) is 94.7 cm³/mol. The van der Waals surface area contributed by atoms with E-state index in [0.29, 0.717) is 18.7 Å². The number of nitrogens with zero attached hydrogens (tertiary/aromatic N) is 2. The van der Waals surface area contributed by atoms with E-state index in [4.69, 9.17) is 0 Å². The third-order valence-corrected chi connectivity index (χ3v) is 4.33. The molecular formula is C19H21F2N3O. The van der Waals surface area contributed by atoms with Crippen molar-refractivity contribution in [2.24, 2.45) is 0 Å². The molecule has 0 saturated carbocycles. The van der Waals surface area contributed by atoms with Gasteiger partial charge in [0.15, 0.2) is 0 Å². The summed E-state index contributed by atoms with van der Waals surface area (Å²) in [6.07, 6.45) is 0.368. The Morgan fingerprint density at radius 1 is 0.960 bits per heavy atom. The molecule has 4 nitrogen and oxygen atoms in total. The zero-order chi connectivity index (χ0) is 17.6. The standard InChI is InChI=1S/C19H21F2N3O/c20-15-4-6-18(7-5-15)24-12-10-23(11-13-24)9-8-19(25)22-17-3-1-2-16(21)14-17/h1-7,14H,8-13H2,(H,22,25). The fraction of sp³-hybridized carbons (Fsp3) is 0.316. The maximum absolute atomic E-state index is 13.1. The number of anilines is 2. The molecule has 25 heavy (non-hydrogen) atoms. The first kappa shape index (κ1) is 17.4. The Hall–Kier alpha value is -2.47. The second-order valence-electron chi connectivity index (χ2n) is 6.11. The molecule has 1 amide bonds. The lowest BCUT2D eigenvalue weighted by atomic mass is 10.2. The highest BCUT2D eigenvalue weighted by atomic mass is 19.1. The van der Waals surface area contributed by atoms with E-state index in [9.17, 15) is 13.6 Å². The summed E-state index contributed by atoms with van der Waals surface area (Å²) >= 11 is 0. The van der Waals surface area contributed by atoms with Gasteiger partial charge in [-0.3, -0.25) is 9.69 Å².